The Morgan fingerprint density at radius 3 is 2.55 bits per heavy atom. The molecule has 1 heterocycles. The van der Waals surface area contributed by atoms with Gasteiger partial charge >= 0.3 is 0 Å². The molecule has 6 heteroatoms. The van der Waals surface area contributed by atoms with Gasteiger partial charge in [-0.25, -0.2) is 8.78 Å². The molecule has 0 aliphatic heterocycles. The minimum atomic E-state index is -0.920. The molecule has 0 aliphatic carbocycles. The number of hydrogen-bond acceptors (Lipinski definition) is 3. The van der Waals surface area contributed by atoms with Crippen LogP contribution in [0.5, 0.6) is 0 Å². The average Bonchev–Trinajstić information content (AvgIpc) is 2.80. The monoisotopic (exact) mass is 308 g/mol. The van der Waals surface area contributed by atoms with Gasteiger partial charge in [0.15, 0.2) is 11.6 Å². The van der Waals surface area contributed by atoms with Gasteiger partial charge in [-0.3, -0.25) is 4.79 Å². The lowest BCUT2D eigenvalue weighted by atomic mass is 10.1. The summed E-state index contributed by atoms with van der Waals surface area (Å²) in [6.07, 6.45) is 0.158. The van der Waals surface area contributed by atoms with Crippen LogP contribution in [-0.2, 0) is 11.2 Å². The van der Waals surface area contributed by atoms with Crippen molar-refractivity contribution >= 4 is 5.91 Å². The summed E-state index contributed by atoms with van der Waals surface area (Å²) in [6, 6.07) is 3.28. The fourth-order valence-corrected chi connectivity index (χ4v) is 2.24. The van der Waals surface area contributed by atoms with Crippen molar-refractivity contribution in [3.63, 3.8) is 0 Å². The number of aromatic nitrogens is 1. The Morgan fingerprint density at radius 1 is 1.32 bits per heavy atom. The fourth-order valence-electron chi connectivity index (χ4n) is 2.24. The van der Waals surface area contributed by atoms with Crippen molar-refractivity contribution in [2.24, 2.45) is 0 Å². The molecule has 1 unspecified atom stereocenters. The van der Waals surface area contributed by atoms with Crippen LogP contribution in [0.1, 0.15) is 35.5 Å². The normalized spacial score (nSPS) is 12.3. The number of aryl methyl sites for hydroxylation is 2. The molecule has 0 radical (unpaired) electrons. The third-order valence-corrected chi connectivity index (χ3v) is 3.91. The van der Waals surface area contributed by atoms with Crippen LogP contribution in [0.2, 0.25) is 0 Å². The van der Waals surface area contributed by atoms with Gasteiger partial charge in [-0.05, 0) is 38.5 Å². The molecule has 2 rings (SSSR count). The molecule has 1 atom stereocenters. The van der Waals surface area contributed by atoms with Gasteiger partial charge in [-0.2, -0.15) is 0 Å². The van der Waals surface area contributed by atoms with Crippen LogP contribution in [-0.4, -0.2) is 23.0 Å². The molecule has 1 amide bonds. The Labute approximate surface area is 127 Å². The molecule has 1 aromatic heterocycles. The number of carbonyl (C=O) groups excluding carboxylic acids is 1. The molecular weight excluding hydrogens is 290 g/mol. The summed E-state index contributed by atoms with van der Waals surface area (Å²) >= 11 is 0. The van der Waals surface area contributed by atoms with E-state index < -0.39 is 11.6 Å². The van der Waals surface area contributed by atoms with Crippen molar-refractivity contribution in [1.82, 2.24) is 10.1 Å². The molecule has 1 aromatic carbocycles. The highest BCUT2D eigenvalue weighted by atomic mass is 19.2. The highest BCUT2D eigenvalue weighted by molar-refractivity contribution is 5.79. The van der Waals surface area contributed by atoms with Crippen LogP contribution in [0.25, 0.3) is 0 Å². The van der Waals surface area contributed by atoms with Crippen molar-refractivity contribution in [3.05, 3.63) is 52.4 Å². The number of hydrogen-bond donors (Lipinski definition) is 0. The summed E-state index contributed by atoms with van der Waals surface area (Å²) in [5.74, 6) is -1.36. The van der Waals surface area contributed by atoms with Crippen LogP contribution in [0.4, 0.5) is 8.78 Å². The van der Waals surface area contributed by atoms with E-state index in [1.807, 2.05) is 0 Å². The maximum atomic E-state index is 13.3. The van der Waals surface area contributed by atoms with E-state index in [0.29, 0.717) is 17.0 Å². The van der Waals surface area contributed by atoms with Crippen molar-refractivity contribution in [2.45, 2.75) is 33.2 Å². The van der Waals surface area contributed by atoms with Gasteiger partial charge in [-0.1, -0.05) is 11.2 Å². The minimum Gasteiger partial charge on any atom is -0.361 e. The molecule has 4 nitrogen and oxygen atoms in total. The van der Waals surface area contributed by atoms with Crippen LogP contribution < -0.4 is 0 Å². The fraction of sp³-hybridized carbons (Fsp3) is 0.375. The smallest absolute Gasteiger partial charge is 0.227 e. The molecular formula is C16H18F2N2O2. The number of halogens is 2. The molecule has 0 fully saturated rings. The lowest BCUT2D eigenvalue weighted by molar-refractivity contribution is -0.131. The van der Waals surface area contributed by atoms with Crippen LogP contribution in [0, 0.1) is 25.5 Å². The van der Waals surface area contributed by atoms with Crippen LogP contribution in [0.3, 0.4) is 0 Å². The molecule has 0 saturated carbocycles. The number of benzene rings is 1. The van der Waals surface area contributed by atoms with Crippen molar-refractivity contribution in [2.75, 3.05) is 7.05 Å². The summed E-state index contributed by atoms with van der Waals surface area (Å²) in [7, 11) is 1.63. The second-order valence-electron chi connectivity index (χ2n) is 5.33. The Kier molecular flexibility index (Phi) is 4.59. The van der Waals surface area contributed by atoms with Gasteiger partial charge in [0, 0.05) is 12.6 Å². The maximum absolute atomic E-state index is 13.3. The van der Waals surface area contributed by atoms with Gasteiger partial charge in [0.1, 0.15) is 5.76 Å². The Balaban J connectivity index is 2.14. The van der Waals surface area contributed by atoms with E-state index in [2.05, 4.69) is 5.16 Å². The van der Waals surface area contributed by atoms with Gasteiger partial charge in [0.25, 0.3) is 0 Å². The molecule has 22 heavy (non-hydrogen) atoms. The summed E-state index contributed by atoms with van der Waals surface area (Å²) in [5, 5.41) is 3.82. The molecule has 118 valence electrons. The largest absolute Gasteiger partial charge is 0.361 e. The summed E-state index contributed by atoms with van der Waals surface area (Å²) in [6.45, 7) is 5.29. The lowest BCUT2D eigenvalue weighted by Gasteiger charge is -2.25. The standard InChI is InChI=1S/C16H18F2N2O2/c1-9-13(11(3)22-19-9)8-16(21)20(4)10(2)12-5-6-14(17)15(18)7-12/h5-7,10H,8H2,1-4H3. The topological polar surface area (TPSA) is 46.3 Å². The van der Waals surface area contributed by atoms with Gasteiger partial charge in [0.05, 0.1) is 18.2 Å². The van der Waals surface area contributed by atoms with E-state index in [9.17, 15) is 13.6 Å². The molecule has 0 N–H and O–H groups in total. The van der Waals surface area contributed by atoms with E-state index in [1.54, 1.807) is 27.8 Å². The Hall–Kier alpha value is -2.24. The van der Waals surface area contributed by atoms with Gasteiger partial charge in [-0.15, -0.1) is 0 Å². The number of amides is 1. The van der Waals surface area contributed by atoms with E-state index in [-0.39, 0.29) is 18.4 Å². The Bertz CT molecular complexity index is 678. The lowest BCUT2D eigenvalue weighted by Crippen LogP contribution is -2.31. The molecule has 0 bridgehead atoms. The predicted molar refractivity (Wildman–Crippen MR) is 77.2 cm³/mol. The first kappa shape index (κ1) is 16.1. The van der Waals surface area contributed by atoms with Gasteiger partial charge in [0.2, 0.25) is 5.91 Å². The Morgan fingerprint density at radius 2 is 2.00 bits per heavy atom. The number of rotatable bonds is 4. The SMILES string of the molecule is Cc1noc(C)c1CC(=O)N(C)C(C)c1ccc(F)c(F)c1. The van der Waals surface area contributed by atoms with E-state index in [0.717, 1.165) is 17.7 Å². The third-order valence-electron chi connectivity index (χ3n) is 3.91. The number of carbonyl (C=O) groups is 1. The van der Waals surface area contributed by atoms with E-state index >= 15 is 0 Å². The quantitative estimate of drug-likeness (QED) is 0.870. The van der Waals surface area contributed by atoms with Crippen molar-refractivity contribution < 1.29 is 18.1 Å². The first-order valence-electron chi connectivity index (χ1n) is 6.93. The first-order chi connectivity index (χ1) is 10.3. The molecule has 0 saturated heterocycles. The van der Waals surface area contributed by atoms with E-state index in [1.165, 1.54) is 11.0 Å². The number of nitrogens with zero attached hydrogens (tertiary/aromatic N) is 2. The minimum absolute atomic E-state index is 0.147. The second-order valence-corrected chi connectivity index (χ2v) is 5.33. The summed E-state index contributed by atoms with van der Waals surface area (Å²) in [5.41, 5.74) is 1.97. The highest BCUT2D eigenvalue weighted by Crippen LogP contribution is 2.22. The zero-order valence-corrected chi connectivity index (χ0v) is 13.0. The van der Waals surface area contributed by atoms with Crippen LogP contribution >= 0.6 is 0 Å². The van der Waals surface area contributed by atoms with Gasteiger partial charge < -0.3 is 9.42 Å². The molecule has 2 aromatic rings. The number of likely N-dealkylation sites (N-methyl/N-ethyl adjacent to an activating group) is 1. The molecule has 0 aliphatic rings. The van der Waals surface area contributed by atoms with Crippen molar-refractivity contribution in [3.8, 4) is 0 Å². The highest BCUT2D eigenvalue weighted by Gasteiger charge is 2.21. The predicted octanol–water partition coefficient (Wildman–Crippen LogP) is 3.33. The maximum Gasteiger partial charge on any atom is 0.227 e. The third kappa shape index (κ3) is 3.16. The van der Waals surface area contributed by atoms with Crippen LogP contribution in [0.15, 0.2) is 22.7 Å². The summed E-state index contributed by atoms with van der Waals surface area (Å²) < 4.78 is 31.3. The summed E-state index contributed by atoms with van der Waals surface area (Å²) in [4.78, 5) is 13.9. The first-order valence-corrected chi connectivity index (χ1v) is 6.93. The van der Waals surface area contributed by atoms with E-state index in [4.69, 9.17) is 4.52 Å². The zero-order chi connectivity index (χ0) is 16.4. The molecule has 0 spiro atoms. The van der Waals surface area contributed by atoms with Crippen molar-refractivity contribution in [1.29, 1.82) is 0 Å². The zero-order valence-electron chi connectivity index (χ0n) is 13.0. The second kappa shape index (κ2) is 6.25. The average molecular weight is 308 g/mol.